The number of carbonyl (C=O) groups is 1. The third-order valence-corrected chi connectivity index (χ3v) is 3.96. The van der Waals surface area contributed by atoms with Crippen LogP contribution in [0.15, 0.2) is 52.9 Å². The normalized spacial score (nSPS) is 10.6. The lowest BCUT2D eigenvalue weighted by atomic mass is 10.2. The number of benzene rings is 2. The number of anilines is 1. The number of carbonyl (C=O) groups excluding carboxylic acids is 1. The van der Waals surface area contributed by atoms with Crippen molar-refractivity contribution in [2.24, 2.45) is 0 Å². The van der Waals surface area contributed by atoms with Crippen LogP contribution in [-0.2, 0) is 0 Å². The van der Waals surface area contributed by atoms with Crippen LogP contribution in [0.25, 0.3) is 11.5 Å². The number of aromatic nitrogens is 1. The minimum absolute atomic E-state index is 0.267. The number of hydrogen-bond donors (Lipinski definition) is 1. The standard InChI is InChI=1S/C18H15ClN2O2/c1-11-14(19)9-6-10-15(11)20-17(22)16-12(2)23-18(21-16)13-7-4-3-5-8-13/h3-10H,1-2H3,(H,20,22). The zero-order valence-corrected chi connectivity index (χ0v) is 13.5. The van der Waals surface area contributed by atoms with Gasteiger partial charge in [0.15, 0.2) is 5.69 Å². The Kier molecular flexibility index (Phi) is 4.17. The molecule has 0 radical (unpaired) electrons. The molecule has 0 fully saturated rings. The van der Waals surface area contributed by atoms with Crippen molar-refractivity contribution in [2.75, 3.05) is 5.32 Å². The maximum atomic E-state index is 12.5. The summed E-state index contributed by atoms with van der Waals surface area (Å²) in [6.07, 6.45) is 0. The number of oxazole rings is 1. The lowest BCUT2D eigenvalue weighted by molar-refractivity contribution is 0.102. The fraction of sp³-hybridized carbons (Fsp3) is 0.111. The second kappa shape index (κ2) is 6.26. The van der Waals surface area contributed by atoms with Gasteiger partial charge in [-0.25, -0.2) is 4.98 Å². The molecule has 116 valence electrons. The van der Waals surface area contributed by atoms with Crippen molar-refractivity contribution in [1.82, 2.24) is 4.98 Å². The Balaban J connectivity index is 1.89. The molecule has 1 amide bonds. The second-order valence-electron chi connectivity index (χ2n) is 5.16. The predicted molar refractivity (Wildman–Crippen MR) is 90.8 cm³/mol. The average molecular weight is 327 g/mol. The topological polar surface area (TPSA) is 55.1 Å². The molecule has 1 heterocycles. The van der Waals surface area contributed by atoms with E-state index in [-0.39, 0.29) is 11.6 Å². The number of nitrogens with zero attached hydrogens (tertiary/aromatic N) is 1. The molecule has 0 aliphatic carbocycles. The first kappa shape index (κ1) is 15.3. The maximum absolute atomic E-state index is 12.5. The van der Waals surface area contributed by atoms with Crippen LogP contribution in [0, 0.1) is 13.8 Å². The highest BCUT2D eigenvalue weighted by atomic mass is 35.5. The van der Waals surface area contributed by atoms with Gasteiger partial charge in [-0.3, -0.25) is 4.79 Å². The molecule has 0 saturated heterocycles. The van der Waals surface area contributed by atoms with Gasteiger partial charge in [0, 0.05) is 16.3 Å². The van der Waals surface area contributed by atoms with Crippen LogP contribution in [0.4, 0.5) is 5.69 Å². The molecular formula is C18H15ClN2O2. The van der Waals surface area contributed by atoms with E-state index in [1.807, 2.05) is 37.3 Å². The first-order valence-corrected chi connectivity index (χ1v) is 7.53. The number of aryl methyl sites for hydroxylation is 1. The van der Waals surface area contributed by atoms with Gasteiger partial charge < -0.3 is 9.73 Å². The van der Waals surface area contributed by atoms with E-state index in [1.165, 1.54) is 0 Å². The molecule has 1 N–H and O–H groups in total. The van der Waals surface area contributed by atoms with Gasteiger partial charge in [-0.05, 0) is 43.7 Å². The largest absolute Gasteiger partial charge is 0.441 e. The molecule has 23 heavy (non-hydrogen) atoms. The van der Waals surface area contributed by atoms with Crippen LogP contribution in [-0.4, -0.2) is 10.9 Å². The molecule has 0 unspecified atom stereocenters. The maximum Gasteiger partial charge on any atom is 0.277 e. The van der Waals surface area contributed by atoms with Gasteiger partial charge in [0.1, 0.15) is 5.76 Å². The van der Waals surface area contributed by atoms with E-state index in [4.69, 9.17) is 16.0 Å². The van der Waals surface area contributed by atoms with E-state index < -0.39 is 0 Å². The van der Waals surface area contributed by atoms with Crippen LogP contribution in [0.1, 0.15) is 21.8 Å². The number of hydrogen-bond acceptors (Lipinski definition) is 3. The number of nitrogens with one attached hydrogen (secondary N) is 1. The van der Waals surface area contributed by atoms with Gasteiger partial charge in [0.2, 0.25) is 5.89 Å². The SMILES string of the molecule is Cc1oc(-c2ccccc2)nc1C(=O)Nc1cccc(Cl)c1C. The van der Waals surface area contributed by atoms with E-state index in [2.05, 4.69) is 10.3 Å². The molecular weight excluding hydrogens is 312 g/mol. The summed E-state index contributed by atoms with van der Waals surface area (Å²) >= 11 is 6.07. The highest BCUT2D eigenvalue weighted by Gasteiger charge is 2.19. The Labute approximate surface area is 139 Å². The van der Waals surface area contributed by atoms with E-state index in [1.54, 1.807) is 25.1 Å². The molecule has 0 atom stereocenters. The molecule has 0 spiro atoms. The molecule has 0 saturated carbocycles. The molecule has 3 aromatic rings. The molecule has 5 heteroatoms. The van der Waals surface area contributed by atoms with Gasteiger partial charge in [0.25, 0.3) is 5.91 Å². The van der Waals surface area contributed by atoms with Crippen LogP contribution in [0.3, 0.4) is 0 Å². The summed E-state index contributed by atoms with van der Waals surface area (Å²) in [5.41, 5.74) is 2.56. The van der Waals surface area contributed by atoms with E-state index in [9.17, 15) is 4.79 Å². The van der Waals surface area contributed by atoms with Crippen molar-refractivity contribution < 1.29 is 9.21 Å². The monoisotopic (exact) mass is 326 g/mol. The molecule has 1 aromatic heterocycles. The van der Waals surface area contributed by atoms with Gasteiger partial charge >= 0.3 is 0 Å². The molecule has 0 bridgehead atoms. The van der Waals surface area contributed by atoms with Crippen molar-refractivity contribution >= 4 is 23.2 Å². The summed E-state index contributed by atoms with van der Waals surface area (Å²) in [6.45, 7) is 3.57. The van der Waals surface area contributed by atoms with E-state index in [0.717, 1.165) is 11.1 Å². The summed E-state index contributed by atoms with van der Waals surface area (Å²) < 4.78 is 5.62. The second-order valence-corrected chi connectivity index (χ2v) is 5.56. The van der Waals surface area contributed by atoms with E-state index in [0.29, 0.717) is 22.4 Å². The molecule has 0 aliphatic rings. The number of rotatable bonds is 3. The van der Waals surface area contributed by atoms with Crippen molar-refractivity contribution in [3.05, 3.63) is 70.6 Å². The summed E-state index contributed by atoms with van der Waals surface area (Å²) in [5, 5.41) is 3.43. The van der Waals surface area contributed by atoms with Crippen LogP contribution >= 0.6 is 11.6 Å². The van der Waals surface area contributed by atoms with Gasteiger partial charge in [-0.15, -0.1) is 0 Å². The van der Waals surface area contributed by atoms with Crippen LogP contribution in [0.2, 0.25) is 5.02 Å². The summed E-state index contributed by atoms with van der Waals surface area (Å²) in [7, 11) is 0. The summed E-state index contributed by atoms with van der Waals surface area (Å²) in [6, 6.07) is 14.8. The van der Waals surface area contributed by atoms with Crippen LogP contribution < -0.4 is 5.32 Å². The zero-order chi connectivity index (χ0) is 16.4. The highest BCUT2D eigenvalue weighted by molar-refractivity contribution is 6.31. The van der Waals surface area contributed by atoms with E-state index >= 15 is 0 Å². The van der Waals surface area contributed by atoms with Gasteiger partial charge in [-0.1, -0.05) is 35.9 Å². The highest BCUT2D eigenvalue weighted by Crippen LogP contribution is 2.25. The predicted octanol–water partition coefficient (Wildman–Crippen LogP) is 4.86. The van der Waals surface area contributed by atoms with Gasteiger partial charge in [0.05, 0.1) is 0 Å². The van der Waals surface area contributed by atoms with Gasteiger partial charge in [-0.2, -0.15) is 0 Å². The number of amides is 1. The fourth-order valence-electron chi connectivity index (χ4n) is 2.24. The van der Waals surface area contributed by atoms with Crippen LogP contribution in [0.5, 0.6) is 0 Å². The minimum Gasteiger partial charge on any atom is -0.441 e. The van der Waals surface area contributed by atoms with Crippen molar-refractivity contribution in [3.8, 4) is 11.5 Å². The Bertz CT molecular complexity index is 857. The third-order valence-electron chi connectivity index (χ3n) is 3.55. The first-order chi connectivity index (χ1) is 11.1. The lowest BCUT2D eigenvalue weighted by Gasteiger charge is -2.08. The summed E-state index contributed by atoms with van der Waals surface area (Å²) in [4.78, 5) is 16.8. The lowest BCUT2D eigenvalue weighted by Crippen LogP contribution is -2.14. The zero-order valence-electron chi connectivity index (χ0n) is 12.8. The average Bonchev–Trinajstić information content (AvgIpc) is 2.95. The first-order valence-electron chi connectivity index (χ1n) is 7.15. The van der Waals surface area contributed by atoms with Crippen molar-refractivity contribution in [1.29, 1.82) is 0 Å². The number of halogens is 1. The van der Waals surface area contributed by atoms with Crippen molar-refractivity contribution in [3.63, 3.8) is 0 Å². The third kappa shape index (κ3) is 3.12. The smallest absolute Gasteiger partial charge is 0.277 e. The van der Waals surface area contributed by atoms with Crippen molar-refractivity contribution in [2.45, 2.75) is 13.8 Å². The fourth-order valence-corrected chi connectivity index (χ4v) is 2.41. The quantitative estimate of drug-likeness (QED) is 0.747. The Morgan fingerprint density at radius 2 is 1.83 bits per heavy atom. The summed E-state index contributed by atoms with van der Waals surface area (Å²) in [5.74, 6) is 0.580. The molecule has 2 aromatic carbocycles. The molecule has 4 nitrogen and oxygen atoms in total. The Morgan fingerprint density at radius 1 is 1.09 bits per heavy atom. The Morgan fingerprint density at radius 3 is 2.57 bits per heavy atom. The molecule has 0 aliphatic heterocycles. The Hall–Kier alpha value is -2.59. The molecule has 3 rings (SSSR count). The minimum atomic E-state index is -0.321.